The number of carbonyl (C=O) groups excluding carboxylic acids is 2. The number of cyclic esters (lactones) is 1. The standard InChI is InChI=1S/C23H29FN4O3/c1-14-5-6-19(24)18-12-20(26-21(14)18)22(29)25-15-3-2-4-16(11-15)27-8-7-17(13-27)28-9-10-31-23(28)30/h5-6,12,15-17,26H,2-4,7-11,13H2,1H3,(H,25,29)/t15-,16+,17?/m1/s1. The Bertz CT molecular complexity index is 967. The number of aromatic nitrogens is 1. The number of likely N-dealkylation sites (tertiary alicyclic amines) is 1. The van der Waals surface area contributed by atoms with Gasteiger partial charge in [-0.05, 0) is 56.7 Å². The van der Waals surface area contributed by atoms with Crippen molar-refractivity contribution in [3.63, 3.8) is 0 Å². The topological polar surface area (TPSA) is 77.7 Å². The summed E-state index contributed by atoms with van der Waals surface area (Å²) in [5.41, 5.74) is 1.99. The van der Waals surface area contributed by atoms with Gasteiger partial charge in [0, 0.05) is 36.6 Å². The second-order valence-electron chi connectivity index (χ2n) is 9.07. The van der Waals surface area contributed by atoms with E-state index in [1.165, 1.54) is 6.07 Å². The van der Waals surface area contributed by atoms with E-state index in [9.17, 15) is 14.0 Å². The molecule has 3 heterocycles. The lowest BCUT2D eigenvalue weighted by atomic mass is 9.90. The first-order valence-corrected chi connectivity index (χ1v) is 11.3. The Morgan fingerprint density at radius 3 is 2.87 bits per heavy atom. The van der Waals surface area contributed by atoms with Gasteiger partial charge in [-0.2, -0.15) is 0 Å². The van der Waals surface area contributed by atoms with Gasteiger partial charge in [0.05, 0.1) is 12.1 Å². The zero-order chi connectivity index (χ0) is 21.5. The van der Waals surface area contributed by atoms with Crippen LogP contribution in [-0.4, -0.2) is 71.2 Å². The predicted molar refractivity (Wildman–Crippen MR) is 115 cm³/mol. The van der Waals surface area contributed by atoms with Crippen molar-refractivity contribution in [1.29, 1.82) is 0 Å². The third kappa shape index (κ3) is 3.89. The molecule has 3 fully saturated rings. The number of H-pyrrole nitrogens is 1. The summed E-state index contributed by atoms with van der Waals surface area (Å²) in [6, 6.07) is 5.49. The Morgan fingerprint density at radius 2 is 2.10 bits per heavy atom. The van der Waals surface area contributed by atoms with Crippen LogP contribution >= 0.6 is 0 Å². The first kappa shape index (κ1) is 20.3. The van der Waals surface area contributed by atoms with E-state index in [2.05, 4.69) is 15.2 Å². The number of aromatic amines is 1. The van der Waals surface area contributed by atoms with Gasteiger partial charge < -0.3 is 19.9 Å². The van der Waals surface area contributed by atoms with Crippen molar-refractivity contribution >= 4 is 22.9 Å². The maximum atomic E-state index is 14.1. The molecule has 3 atom stereocenters. The largest absolute Gasteiger partial charge is 0.448 e. The molecule has 2 aliphatic heterocycles. The SMILES string of the molecule is Cc1ccc(F)c2cc(C(=O)N[C@@H]3CCC[C@H](N4CCC(N5CCOC5=O)C4)C3)[nH]c12. The highest BCUT2D eigenvalue weighted by Crippen LogP contribution is 2.29. The van der Waals surface area contributed by atoms with Gasteiger partial charge in [-0.3, -0.25) is 9.69 Å². The Balaban J connectivity index is 1.21. The number of aryl methyl sites for hydroxylation is 1. The lowest BCUT2D eigenvalue weighted by Gasteiger charge is -2.36. The van der Waals surface area contributed by atoms with Gasteiger partial charge in [0.1, 0.15) is 18.1 Å². The Kier molecular flexibility index (Phi) is 5.33. The van der Waals surface area contributed by atoms with Gasteiger partial charge in [0.2, 0.25) is 0 Å². The first-order valence-electron chi connectivity index (χ1n) is 11.3. The molecule has 2 aromatic rings. The quantitative estimate of drug-likeness (QED) is 0.784. The Hall–Kier alpha value is -2.61. The summed E-state index contributed by atoms with van der Waals surface area (Å²) in [4.78, 5) is 32.1. The molecule has 1 aliphatic carbocycles. The minimum atomic E-state index is -0.320. The summed E-state index contributed by atoms with van der Waals surface area (Å²) in [6.45, 7) is 4.92. The lowest BCUT2D eigenvalue weighted by molar-refractivity contribution is 0.0895. The van der Waals surface area contributed by atoms with Gasteiger partial charge in [-0.15, -0.1) is 0 Å². The van der Waals surface area contributed by atoms with Crippen LogP contribution in [0.25, 0.3) is 10.9 Å². The highest BCUT2D eigenvalue weighted by molar-refractivity contribution is 5.99. The molecular formula is C23H29FN4O3. The van der Waals surface area contributed by atoms with Crippen molar-refractivity contribution in [3.05, 3.63) is 35.3 Å². The number of carbonyl (C=O) groups is 2. The molecule has 3 aliphatic rings. The van der Waals surface area contributed by atoms with Gasteiger partial charge >= 0.3 is 6.09 Å². The number of hydrogen-bond donors (Lipinski definition) is 2. The molecule has 1 aromatic heterocycles. The fraction of sp³-hybridized carbons (Fsp3) is 0.565. The summed E-state index contributed by atoms with van der Waals surface area (Å²) >= 11 is 0. The average Bonchev–Trinajstić information content (AvgIpc) is 3.50. The van der Waals surface area contributed by atoms with E-state index in [1.807, 2.05) is 11.8 Å². The minimum Gasteiger partial charge on any atom is -0.448 e. The second-order valence-corrected chi connectivity index (χ2v) is 9.07. The van der Waals surface area contributed by atoms with Crippen molar-refractivity contribution in [2.45, 2.75) is 57.2 Å². The summed E-state index contributed by atoms with van der Waals surface area (Å²) in [5.74, 6) is -0.501. The molecule has 7 nitrogen and oxygen atoms in total. The number of benzene rings is 1. The average molecular weight is 429 g/mol. The molecule has 2 amide bonds. The smallest absolute Gasteiger partial charge is 0.410 e. The van der Waals surface area contributed by atoms with Gasteiger partial charge in [-0.25, -0.2) is 9.18 Å². The minimum absolute atomic E-state index is 0.0967. The number of hydrogen-bond acceptors (Lipinski definition) is 4. The molecule has 8 heteroatoms. The van der Waals surface area contributed by atoms with Crippen LogP contribution in [0.1, 0.15) is 48.2 Å². The van der Waals surface area contributed by atoms with E-state index >= 15 is 0 Å². The molecular weight excluding hydrogens is 399 g/mol. The van der Waals surface area contributed by atoms with E-state index in [-0.39, 0.29) is 29.9 Å². The molecule has 1 saturated carbocycles. The number of fused-ring (bicyclic) bond motifs is 1. The molecule has 2 saturated heterocycles. The lowest BCUT2D eigenvalue weighted by Crippen LogP contribution is -2.46. The fourth-order valence-corrected chi connectivity index (χ4v) is 5.43. The molecule has 0 bridgehead atoms. The normalized spacial score (nSPS) is 27.1. The zero-order valence-corrected chi connectivity index (χ0v) is 17.8. The van der Waals surface area contributed by atoms with Crippen LogP contribution in [-0.2, 0) is 4.74 Å². The van der Waals surface area contributed by atoms with Crippen LogP contribution in [0.3, 0.4) is 0 Å². The third-order valence-electron chi connectivity index (χ3n) is 7.12. The van der Waals surface area contributed by atoms with E-state index in [1.54, 1.807) is 12.1 Å². The maximum Gasteiger partial charge on any atom is 0.410 e. The number of amides is 2. The van der Waals surface area contributed by atoms with E-state index in [4.69, 9.17) is 4.74 Å². The van der Waals surface area contributed by atoms with E-state index < -0.39 is 0 Å². The van der Waals surface area contributed by atoms with Crippen LogP contribution in [0.5, 0.6) is 0 Å². The number of nitrogens with one attached hydrogen (secondary N) is 2. The number of nitrogens with zero attached hydrogens (tertiary/aromatic N) is 2. The van der Waals surface area contributed by atoms with Crippen molar-refractivity contribution < 1.29 is 18.7 Å². The zero-order valence-electron chi connectivity index (χ0n) is 17.8. The molecule has 31 heavy (non-hydrogen) atoms. The van der Waals surface area contributed by atoms with Crippen LogP contribution in [0.2, 0.25) is 0 Å². The highest BCUT2D eigenvalue weighted by atomic mass is 19.1. The first-order chi connectivity index (χ1) is 15.0. The Labute approximate surface area is 180 Å². The molecule has 2 N–H and O–H groups in total. The molecule has 1 aromatic carbocycles. The van der Waals surface area contributed by atoms with Crippen LogP contribution in [0, 0.1) is 12.7 Å². The van der Waals surface area contributed by atoms with Crippen molar-refractivity contribution in [2.24, 2.45) is 0 Å². The summed E-state index contributed by atoms with van der Waals surface area (Å²) in [6.07, 6.45) is 4.80. The van der Waals surface area contributed by atoms with Gasteiger partial charge in [0.25, 0.3) is 5.91 Å². The maximum absolute atomic E-state index is 14.1. The molecule has 166 valence electrons. The molecule has 0 spiro atoms. The van der Waals surface area contributed by atoms with Crippen molar-refractivity contribution in [1.82, 2.24) is 20.1 Å². The summed E-state index contributed by atoms with van der Waals surface area (Å²) < 4.78 is 19.2. The monoisotopic (exact) mass is 428 g/mol. The van der Waals surface area contributed by atoms with Crippen LogP contribution < -0.4 is 5.32 Å². The molecule has 0 radical (unpaired) electrons. The fourth-order valence-electron chi connectivity index (χ4n) is 5.43. The predicted octanol–water partition coefficient (Wildman–Crippen LogP) is 3.18. The van der Waals surface area contributed by atoms with Gasteiger partial charge in [-0.1, -0.05) is 6.07 Å². The number of ether oxygens (including phenoxy) is 1. The summed E-state index contributed by atoms with van der Waals surface area (Å²) in [5, 5.41) is 3.61. The van der Waals surface area contributed by atoms with Gasteiger partial charge in [0.15, 0.2) is 0 Å². The van der Waals surface area contributed by atoms with Crippen molar-refractivity contribution in [2.75, 3.05) is 26.2 Å². The van der Waals surface area contributed by atoms with Crippen LogP contribution in [0.4, 0.5) is 9.18 Å². The molecule has 5 rings (SSSR count). The van der Waals surface area contributed by atoms with E-state index in [0.29, 0.717) is 35.8 Å². The number of halogens is 1. The highest BCUT2D eigenvalue weighted by Gasteiger charge is 2.38. The molecule has 1 unspecified atom stereocenters. The van der Waals surface area contributed by atoms with Crippen molar-refractivity contribution in [3.8, 4) is 0 Å². The third-order valence-corrected chi connectivity index (χ3v) is 7.12. The number of rotatable bonds is 4. The Morgan fingerprint density at radius 1 is 1.23 bits per heavy atom. The van der Waals surface area contributed by atoms with E-state index in [0.717, 1.165) is 50.8 Å². The second kappa shape index (κ2) is 8.15. The summed E-state index contributed by atoms with van der Waals surface area (Å²) in [7, 11) is 0. The van der Waals surface area contributed by atoms with Crippen LogP contribution in [0.15, 0.2) is 18.2 Å².